The van der Waals surface area contributed by atoms with Crippen molar-refractivity contribution in [3.05, 3.63) is 103 Å². The van der Waals surface area contributed by atoms with E-state index in [2.05, 4.69) is 5.32 Å². The van der Waals surface area contributed by atoms with Crippen LogP contribution in [0.1, 0.15) is 11.7 Å². The van der Waals surface area contributed by atoms with Crippen molar-refractivity contribution in [2.75, 3.05) is 24.7 Å². The normalized spacial score (nSPS) is 16.8. The molecule has 7 rings (SSSR count). The molecular weight excluding hydrogens is 555 g/mol. The molecule has 0 radical (unpaired) electrons. The number of likely N-dealkylation sites (N-methyl/N-ethyl adjacent to an activating group) is 1. The van der Waals surface area contributed by atoms with E-state index in [1.807, 2.05) is 72.4 Å². The van der Waals surface area contributed by atoms with Crippen molar-refractivity contribution in [1.29, 1.82) is 0 Å². The topological polar surface area (TPSA) is 92.4 Å². The third-order valence-electron chi connectivity index (χ3n) is 7.68. The summed E-state index contributed by atoms with van der Waals surface area (Å²) in [5.74, 6) is 0.202. The molecule has 8 nitrogen and oxygen atoms in total. The van der Waals surface area contributed by atoms with Gasteiger partial charge in [-0.1, -0.05) is 24.3 Å². The molecule has 2 unspecified atom stereocenters. The van der Waals surface area contributed by atoms with E-state index < -0.39 is 10.0 Å². The lowest BCUT2D eigenvalue weighted by Gasteiger charge is -2.21. The standard InChI is InChI=1S/C32H27FN4O4S/c1-34-32-31(41-32)29-24-16-23(20-7-6-8-21(15-20)25-18-37-14-5-4-9-28(37)35-25)26(36(2)42(3,38)39)17-27(24)40-30(29)19-10-12-22(33)13-11-19/h4-18,31-32,34H,1-3H3. The molecule has 212 valence electrons. The number of hydrogen-bond donors (Lipinski definition) is 1. The quantitative estimate of drug-likeness (QED) is 0.224. The number of nitrogens with one attached hydrogen (secondary N) is 1. The number of benzene rings is 3. The molecule has 1 fully saturated rings. The van der Waals surface area contributed by atoms with Crippen molar-refractivity contribution in [2.45, 2.75) is 12.3 Å². The Hall–Kier alpha value is -4.51. The number of epoxide rings is 1. The minimum absolute atomic E-state index is 0.204. The van der Waals surface area contributed by atoms with Gasteiger partial charge in [0, 0.05) is 53.1 Å². The van der Waals surface area contributed by atoms with Gasteiger partial charge < -0.3 is 13.6 Å². The van der Waals surface area contributed by atoms with Crippen molar-refractivity contribution < 1.29 is 22.0 Å². The number of ether oxygens (including phenoxy) is 1. The Morgan fingerprint density at radius 2 is 1.76 bits per heavy atom. The lowest BCUT2D eigenvalue weighted by molar-refractivity contribution is 0.357. The fourth-order valence-electron chi connectivity index (χ4n) is 5.39. The summed E-state index contributed by atoms with van der Waals surface area (Å²) in [4.78, 5) is 4.76. The number of furan rings is 1. The summed E-state index contributed by atoms with van der Waals surface area (Å²) in [6.45, 7) is 0. The molecule has 6 aromatic rings. The van der Waals surface area contributed by atoms with Crippen LogP contribution in [0.15, 0.2) is 95.7 Å². The number of fused-ring (bicyclic) bond motifs is 2. The number of pyridine rings is 1. The van der Waals surface area contributed by atoms with Crippen molar-refractivity contribution in [1.82, 2.24) is 14.7 Å². The van der Waals surface area contributed by atoms with Gasteiger partial charge in [-0.05, 0) is 61.1 Å². The van der Waals surface area contributed by atoms with Crippen LogP contribution in [0.4, 0.5) is 10.1 Å². The maximum absolute atomic E-state index is 13.8. The number of hydrogen-bond acceptors (Lipinski definition) is 6. The molecule has 0 bridgehead atoms. The predicted molar refractivity (Wildman–Crippen MR) is 161 cm³/mol. The van der Waals surface area contributed by atoms with E-state index in [1.54, 1.807) is 18.2 Å². The van der Waals surface area contributed by atoms with Gasteiger partial charge in [0.15, 0.2) is 0 Å². The SMILES string of the molecule is CNC1OC1c1c(-c2ccc(F)cc2)oc2cc(N(C)S(C)(=O)=O)c(-c3cccc(-c4cn5ccccc5n4)c3)cc12. The number of rotatable bonds is 7. The molecule has 2 atom stereocenters. The molecule has 10 heteroatoms. The zero-order chi connectivity index (χ0) is 29.2. The molecule has 4 heterocycles. The van der Waals surface area contributed by atoms with Crippen LogP contribution in [0.5, 0.6) is 0 Å². The molecule has 1 saturated heterocycles. The van der Waals surface area contributed by atoms with Crippen LogP contribution in [0.3, 0.4) is 0 Å². The molecule has 0 aliphatic carbocycles. The number of aromatic nitrogens is 2. The van der Waals surface area contributed by atoms with Crippen molar-refractivity contribution in [2.24, 2.45) is 0 Å². The van der Waals surface area contributed by atoms with Gasteiger partial charge in [-0.25, -0.2) is 17.8 Å². The van der Waals surface area contributed by atoms with Gasteiger partial charge in [0.1, 0.15) is 35.1 Å². The number of imidazole rings is 1. The van der Waals surface area contributed by atoms with E-state index in [-0.39, 0.29) is 18.1 Å². The van der Waals surface area contributed by atoms with Crippen LogP contribution in [0.25, 0.3) is 50.3 Å². The first-order valence-electron chi connectivity index (χ1n) is 13.4. The summed E-state index contributed by atoms with van der Waals surface area (Å²) in [7, 11) is -0.267. The third kappa shape index (κ3) is 4.53. The second-order valence-electron chi connectivity index (χ2n) is 10.4. The Balaban J connectivity index is 1.46. The minimum atomic E-state index is -3.61. The first-order valence-corrected chi connectivity index (χ1v) is 15.2. The van der Waals surface area contributed by atoms with Crippen LogP contribution in [-0.2, 0) is 14.8 Å². The van der Waals surface area contributed by atoms with Gasteiger partial charge in [-0.2, -0.15) is 0 Å². The lowest BCUT2D eigenvalue weighted by Crippen LogP contribution is -2.25. The zero-order valence-electron chi connectivity index (χ0n) is 23.1. The summed E-state index contributed by atoms with van der Waals surface area (Å²) in [6.07, 6.45) is 4.59. The maximum Gasteiger partial charge on any atom is 0.232 e. The monoisotopic (exact) mass is 582 g/mol. The van der Waals surface area contributed by atoms with Crippen molar-refractivity contribution >= 4 is 32.3 Å². The van der Waals surface area contributed by atoms with E-state index in [1.165, 1.54) is 29.7 Å². The van der Waals surface area contributed by atoms with E-state index in [9.17, 15) is 12.8 Å². The van der Waals surface area contributed by atoms with Crippen LogP contribution in [-0.4, -0.2) is 44.4 Å². The molecule has 3 aromatic carbocycles. The molecular formula is C32H27FN4O4S. The highest BCUT2D eigenvalue weighted by atomic mass is 32.2. The summed E-state index contributed by atoms with van der Waals surface area (Å²) >= 11 is 0. The highest BCUT2D eigenvalue weighted by Crippen LogP contribution is 2.49. The van der Waals surface area contributed by atoms with E-state index in [0.29, 0.717) is 28.2 Å². The minimum Gasteiger partial charge on any atom is -0.456 e. The Labute approximate surface area is 242 Å². The molecule has 1 aliphatic heterocycles. The van der Waals surface area contributed by atoms with E-state index in [4.69, 9.17) is 14.1 Å². The van der Waals surface area contributed by atoms with Gasteiger partial charge in [-0.15, -0.1) is 0 Å². The van der Waals surface area contributed by atoms with Gasteiger partial charge in [0.05, 0.1) is 17.6 Å². The maximum atomic E-state index is 13.8. The molecule has 0 amide bonds. The summed E-state index contributed by atoms with van der Waals surface area (Å²) in [5.41, 5.74) is 6.52. The molecule has 42 heavy (non-hydrogen) atoms. The highest BCUT2D eigenvalue weighted by Gasteiger charge is 2.43. The van der Waals surface area contributed by atoms with Crippen molar-refractivity contribution in [3.8, 4) is 33.7 Å². The Morgan fingerprint density at radius 1 is 0.976 bits per heavy atom. The summed E-state index contributed by atoms with van der Waals surface area (Å²) in [6, 6.07) is 23.5. The van der Waals surface area contributed by atoms with E-state index in [0.717, 1.165) is 33.4 Å². The number of anilines is 1. The number of halogens is 1. The van der Waals surface area contributed by atoms with Crippen LogP contribution >= 0.6 is 0 Å². The average Bonchev–Trinajstić information content (AvgIpc) is 3.47. The Kier molecular flexibility index (Phi) is 6.16. The summed E-state index contributed by atoms with van der Waals surface area (Å²) in [5, 5.41) is 3.93. The van der Waals surface area contributed by atoms with Gasteiger partial charge >= 0.3 is 0 Å². The average molecular weight is 583 g/mol. The molecule has 0 spiro atoms. The largest absolute Gasteiger partial charge is 0.456 e. The van der Waals surface area contributed by atoms with Crippen LogP contribution in [0.2, 0.25) is 0 Å². The van der Waals surface area contributed by atoms with E-state index >= 15 is 0 Å². The molecule has 1 aliphatic rings. The summed E-state index contributed by atoms with van der Waals surface area (Å²) < 4.78 is 54.9. The molecule has 1 N–H and O–H groups in total. The lowest BCUT2D eigenvalue weighted by atomic mass is 9.96. The third-order valence-corrected chi connectivity index (χ3v) is 8.87. The first-order chi connectivity index (χ1) is 20.2. The number of sulfonamides is 1. The van der Waals surface area contributed by atoms with Crippen LogP contribution in [0, 0.1) is 5.82 Å². The zero-order valence-corrected chi connectivity index (χ0v) is 23.9. The predicted octanol–water partition coefficient (Wildman–Crippen LogP) is 6.23. The first kappa shape index (κ1) is 26.4. The molecule has 3 aromatic heterocycles. The van der Waals surface area contributed by atoms with Crippen molar-refractivity contribution in [3.63, 3.8) is 0 Å². The fraction of sp³-hybridized carbons (Fsp3) is 0.156. The van der Waals surface area contributed by atoms with Gasteiger partial charge in [0.25, 0.3) is 0 Å². The van der Waals surface area contributed by atoms with Crippen LogP contribution < -0.4 is 9.62 Å². The Bertz CT molecular complexity index is 2050. The Morgan fingerprint density at radius 3 is 2.48 bits per heavy atom. The van der Waals surface area contributed by atoms with Gasteiger partial charge in [0.2, 0.25) is 10.0 Å². The highest BCUT2D eigenvalue weighted by molar-refractivity contribution is 7.92. The number of nitrogens with zero attached hydrogens (tertiary/aromatic N) is 3. The second kappa shape index (κ2) is 9.80. The molecule has 0 saturated carbocycles. The van der Waals surface area contributed by atoms with Gasteiger partial charge in [-0.3, -0.25) is 9.62 Å². The fourth-order valence-corrected chi connectivity index (χ4v) is 5.90. The smallest absolute Gasteiger partial charge is 0.232 e. The second-order valence-corrected chi connectivity index (χ2v) is 12.4.